The number of thiophene rings is 1. The molecular weight excluding hydrogens is 353 g/mol. The van der Waals surface area contributed by atoms with Crippen molar-refractivity contribution < 1.29 is 0 Å². The average molecular weight is 365 g/mol. The molecule has 1 nitrogen and oxygen atoms in total. The number of hydrogen-bond donors (Lipinski definition) is 1. The fraction of sp³-hybridized carbons (Fsp3) is 0.0667. The van der Waals surface area contributed by atoms with E-state index in [-0.39, 0.29) is 6.04 Å². The highest BCUT2D eigenvalue weighted by Crippen LogP contribution is 2.31. The lowest BCUT2D eigenvalue weighted by atomic mass is 9.99. The highest BCUT2D eigenvalue weighted by atomic mass is 127. The molecule has 18 heavy (non-hydrogen) atoms. The van der Waals surface area contributed by atoms with Crippen molar-refractivity contribution >= 4 is 44.0 Å². The van der Waals surface area contributed by atoms with E-state index < -0.39 is 0 Å². The van der Waals surface area contributed by atoms with Crippen molar-refractivity contribution in [2.75, 3.05) is 0 Å². The molecule has 2 N–H and O–H groups in total. The fourth-order valence-corrected chi connectivity index (χ4v) is 3.42. The van der Waals surface area contributed by atoms with Gasteiger partial charge in [-0.05, 0) is 62.7 Å². The van der Waals surface area contributed by atoms with Crippen LogP contribution in [0.3, 0.4) is 0 Å². The SMILES string of the molecule is NC(c1ccc(I)cc1)c1cccc2ccsc12. The Morgan fingerprint density at radius 2 is 1.78 bits per heavy atom. The topological polar surface area (TPSA) is 26.0 Å². The van der Waals surface area contributed by atoms with Crippen LogP contribution in [0.5, 0.6) is 0 Å². The summed E-state index contributed by atoms with van der Waals surface area (Å²) < 4.78 is 2.53. The molecule has 0 bridgehead atoms. The van der Waals surface area contributed by atoms with E-state index in [1.807, 2.05) is 0 Å². The molecule has 90 valence electrons. The third-order valence-corrected chi connectivity index (χ3v) is 4.77. The van der Waals surface area contributed by atoms with Crippen LogP contribution in [-0.2, 0) is 0 Å². The first kappa shape index (κ1) is 12.1. The predicted molar refractivity (Wildman–Crippen MR) is 87.0 cm³/mol. The van der Waals surface area contributed by atoms with E-state index in [1.54, 1.807) is 11.3 Å². The largest absolute Gasteiger partial charge is 0.320 e. The third kappa shape index (κ3) is 2.18. The zero-order valence-corrected chi connectivity index (χ0v) is 12.6. The van der Waals surface area contributed by atoms with Crippen molar-refractivity contribution in [3.05, 3.63) is 68.6 Å². The van der Waals surface area contributed by atoms with Gasteiger partial charge in [0.1, 0.15) is 0 Å². The van der Waals surface area contributed by atoms with Crippen LogP contribution in [0.1, 0.15) is 17.2 Å². The maximum Gasteiger partial charge on any atom is 0.0565 e. The van der Waals surface area contributed by atoms with Gasteiger partial charge in [-0.25, -0.2) is 0 Å². The van der Waals surface area contributed by atoms with E-state index in [9.17, 15) is 0 Å². The molecule has 1 unspecified atom stereocenters. The van der Waals surface area contributed by atoms with Gasteiger partial charge in [0.2, 0.25) is 0 Å². The van der Waals surface area contributed by atoms with Crippen LogP contribution in [0, 0.1) is 3.57 Å². The number of fused-ring (bicyclic) bond motifs is 1. The fourth-order valence-electron chi connectivity index (χ4n) is 2.11. The predicted octanol–water partition coefficient (Wildman–Crippen LogP) is 4.55. The van der Waals surface area contributed by atoms with Crippen molar-refractivity contribution in [2.45, 2.75) is 6.04 Å². The Balaban J connectivity index is 2.08. The van der Waals surface area contributed by atoms with Crippen molar-refractivity contribution in [3.8, 4) is 0 Å². The van der Waals surface area contributed by atoms with E-state index in [1.165, 1.54) is 19.2 Å². The Morgan fingerprint density at radius 3 is 2.56 bits per heavy atom. The second-order valence-corrected chi connectivity index (χ2v) is 6.38. The second kappa shape index (κ2) is 4.99. The van der Waals surface area contributed by atoms with Crippen LogP contribution in [0.4, 0.5) is 0 Å². The first-order valence-corrected chi connectivity index (χ1v) is 7.69. The quantitative estimate of drug-likeness (QED) is 0.663. The van der Waals surface area contributed by atoms with Gasteiger partial charge in [0.25, 0.3) is 0 Å². The normalized spacial score (nSPS) is 12.8. The Bertz CT molecular complexity index is 672. The molecule has 1 atom stereocenters. The summed E-state index contributed by atoms with van der Waals surface area (Å²) in [5, 5.41) is 3.40. The average Bonchev–Trinajstić information content (AvgIpc) is 2.87. The number of nitrogens with two attached hydrogens (primary N) is 1. The molecule has 0 saturated carbocycles. The van der Waals surface area contributed by atoms with Crippen molar-refractivity contribution in [1.29, 1.82) is 0 Å². The first-order valence-electron chi connectivity index (χ1n) is 5.73. The van der Waals surface area contributed by atoms with Crippen LogP contribution in [0.2, 0.25) is 0 Å². The van der Waals surface area contributed by atoms with Crippen LogP contribution >= 0.6 is 33.9 Å². The Labute approximate surface area is 124 Å². The molecular formula is C15H12INS. The zero-order chi connectivity index (χ0) is 12.5. The monoisotopic (exact) mass is 365 g/mol. The van der Waals surface area contributed by atoms with E-state index in [0.717, 1.165) is 5.56 Å². The summed E-state index contributed by atoms with van der Waals surface area (Å²) in [6, 6.07) is 16.9. The van der Waals surface area contributed by atoms with E-state index in [4.69, 9.17) is 5.73 Å². The number of benzene rings is 2. The summed E-state index contributed by atoms with van der Waals surface area (Å²) in [6.07, 6.45) is 0. The van der Waals surface area contributed by atoms with Gasteiger partial charge in [-0.1, -0.05) is 30.3 Å². The minimum atomic E-state index is -0.0515. The van der Waals surface area contributed by atoms with Gasteiger partial charge in [0, 0.05) is 8.27 Å². The van der Waals surface area contributed by atoms with Crippen LogP contribution in [0.15, 0.2) is 53.9 Å². The molecule has 3 heteroatoms. The van der Waals surface area contributed by atoms with Crippen LogP contribution in [0.25, 0.3) is 10.1 Å². The van der Waals surface area contributed by atoms with Gasteiger partial charge in [-0.2, -0.15) is 0 Å². The lowest BCUT2D eigenvalue weighted by molar-refractivity contribution is 0.882. The number of halogens is 1. The molecule has 0 aliphatic heterocycles. The minimum Gasteiger partial charge on any atom is -0.320 e. The molecule has 0 saturated heterocycles. The molecule has 0 fully saturated rings. The van der Waals surface area contributed by atoms with Crippen molar-refractivity contribution in [3.63, 3.8) is 0 Å². The van der Waals surface area contributed by atoms with Gasteiger partial charge in [-0.15, -0.1) is 11.3 Å². The van der Waals surface area contributed by atoms with Gasteiger partial charge in [-0.3, -0.25) is 0 Å². The first-order chi connectivity index (χ1) is 8.75. The second-order valence-electron chi connectivity index (χ2n) is 4.22. The summed E-state index contributed by atoms with van der Waals surface area (Å²) in [7, 11) is 0. The summed E-state index contributed by atoms with van der Waals surface area (Å²) in [5.74, 6) is 0. The molecule has 0 spiro atoms. The molecule has 1 aromatic heterocycles. The zero-order valence-electron chi connectivity index (χ0n) is 9.64. The minimum absolute atomic E-state index is 0.0515. The molecule has 3 rings (SSSR count). The maximum atomic E-state index is 6.40. The van der Waals surface area contributed by atoms with Crippen molar-refractivity contribution in [2.24, 2.45) is 5.73 Å². The number of rotatable bonds is 2. The Hall–Kier alpha value is -0.910. The van der Waals surface area contributed by atoms with E-state index in [2.05, 4.69) is 76.5 Å². The van der Waals surface area contributed by atoms with Gasteiger partial charge in [0.05, 0.1) is 6.04 Å². The third-order valence-electron chi connectivity index (χ3n) is 3.07. The van der Waals surface area contributed by atoms with Crippen LogP contribution in [-0.4, -0.2) is 0 Å². The molecule has 1 heterocycles. The van der Waals surface area contributed by atoms with E-state index in [0.29, 0.717) is 0 Å². The Kier molecular flexibility index (Phi) is 3.37. The van der Waals surface area contributed by atoms with E-state index >= 15 is 0 Å². The van der Waals surface area contributed by atoms with Gasteiger partial charge in [0.15, 0.2) is 0 Å². The maximum absolute atomic E-state index is 6.40. The summed E-state index contributed by atoms with van der Waals surface area (Å²) in [5.41, 5.74) is 8.77. The molecule has 0 aliphatic carbocycles. The lowest BCUT2D eigenvalue weighted by Gasteiger charge is -2.13. The van der Waals surface area contributed by atoms with Crippen LogP contribution < -0.4 is 5.73 Å². The summed E-state index contributed by atoms with van der Waals surface area (Å²) >= 11 is 4.07. The summed E-state index contributed by atoms with van der Waals surface area (Å²) in [4.78, 5) is 0. The highest BCUT2D eigenvalue weighted by Gasteiger charge is 2.12. The molecule has 0 amide bonds. The lowest BCUT2D eigenvalue weighted by Crippen LogP contribution is -2.11. The highest BCUT2D eigenvalue weighted by molar-refractivity contribution is 14.1. The molecule has 3 aromatic rings. The Morgan fingerprint density at radius 1 is 1.00 bits per heavy atom. The standard InChI is InChI=1S/C15H12INS/c16-12-6-4-10(5-7-12)14(17)13-3-1-2-11-8-9-18-15(11)13/h1-9,14H,17H2. The smallest absolute Gasteiger partial charge is 0.0565 e. The molecule has 0 radical (unpaired) electrons. The molecule has 2 aromatic carbocycles. The van der Waals surface area contributed by atoms with Gasteiger partial charge >= 0.3 is 0 Å². The van der Waals surface area contributed by atoms with Gasteiger partial charge < -0.3 is 5.73 Å². The number of hydrogen-bond acceptors (Lipinski definition) is 2. The summed E-state index contributed by atoms with van der Waals surface area (Å²) in [6.45, 7) is 0. The molecule has 0 aliphatic rings. The van der Waals surface area contributed by atoms with Crippen molar-refractivity contribution in [1.82, 2.24) is 0 Å².